The van der Waals surface area contributed by atoms with E-state index >= 15 is 0 Å². The van der Waals surface area contributed by atoms with Crippen molar-refractivity contribution in [2.45, 2.75) is 57.9 Å². The third-order valence-electron chi connectivity index (χ3n) is 5.94. The lowest BCUT2D eigenvalue weighted by Crippen LogP contribution is -2.43. The van der Waals surface area contributed by atoms with Gasteiger partial charge in [-0.2, -0.15) is 5.10 Å². The van der Waals surface area contributed by atoms with Crippen molar-refractivity contribution in [3.63, 3.8) is 0 Å². The Balaban J connectivity index is 1.69. The Kier molecular flexibility index (Phi) is 2.49. The van der Waals surface area contributed by atoms with Crippen LogP contribution in [0.3, 0.4) is 0 Å². The molecule has 0 saturated heterocycles. The van der Waals surface area contributed by atoms with Crippen LogP contribution < -0.4 is 5.73 Å². The van der Waals surface area contributed by atoms with Crippen LogP contribution >= 0.6 is 0 Å². The molecule has 1 aromatic heterocycles. The monoisotopic (exact) mass is 259 g/mol. The quantitative estimate of drug-likeness (QED) is 0.882. The average Bonchev–Trinajstić information content (AvgIpc) is 2.70. The highest BCUT2D eigenvalue weighted by Gasteiger charge is 2.49. The third kappa shape index (κ3) is 1.66. The van der Waals surface area contributed by atoms with E-state index in [-0.39, 0.29) is 0 Å². The molecule has 104 valence electrons. The second kappa shape index (κ2) is 4.00. The Morgan fingerprint density at radius 2 is 1.68 bits per heavy atom. The molecule has 19 heavy (non-hydrogen) atoms. The number of hydrogen-bond donors (Lipinski definition) is 1. The van der Waals surface area contributed by atoms with Crippen LogP contribution in [0.2, 0.25) is 0 Å². The van der Waals surface area contributed by atoms with E-state index in [0.29, 0.717) is 12.0 Å². The van der Waals surface area contributed by atoms with Crippen LogP contribution in [-0.4, -0.2) is 9.78 Å². The molecule has 3 heteroatoms. The van der Waals surface area contributed by atoms with Crippen molar-refractivity contribution >= 4 is 5.82 Å². The van der Waals surface area contributed by atoms with Gasteiger partial charge in [0.1, 0.15) is 5.82 Å². The molecule has 0 radical (unpaired) electrons. The molecule has 4 fully saturated rings. The van der Waals surface area contributed by atoms with Crippen molar-refractivity contribution in [3.05, 3.63) is 11.8 Å². The number of hydrogen-bond acceptors (Lipinski definition) is 2. The summed E-state index contributed by atoms with van der Waals surface area (Å²) in [6.45, 7) is 4.31. The summed E-state index contributed by atoms with van der Waals surface area (Å²) in [7, 11) is 0. The predicted molar refractivity (Wildman–Crippen MR) is 76.8 cm³/mol. The summed E-state index contributed by atoms with van der Waals surface area (Å²) < 4.78 is 2.00. The molecule has 2 N–H and O–H groups in total. The molecule has 4 bridgehead atoms. The first-order valence-corrected chi connectivity index (χ1v) is 7.96. The van der Waals surface area contributed by atoms with E-state index in [1.807, 2.05) is 4.68 Å². The molecular formula is C16H25N3. The standard InChI is InChI=1S/C16H25N3/c1-9(2)19-16(17)14(8-18-19)15-12-4-10-3-11(6-12)7-13(15)5-10/h8-13,15H,3-7,17H2,1-2H3. The van der Waals surface area contributed by atoms with Crippen LogP contribution in [0, 0.1) is 23.7 Å². The van der Waals surface area contributed by atoms with Crippen LogP contribution in [0.1, 0.15) is 63.5 Å². The summed E-state index contributed by atoms with van der Waals surface area (Å²) in [5.41, 5.74) is 7.75. The Morgan fingerprint density at radius 3 is 2.16 bits per heavy atom. The number of nitrogen functional groups attached to an aromatic ring is 1. The number of rotatable bonds is 2. The van der Waals surface area contributed by atoms with Crippen LogP contribution in [0.4, 0.5) is 5.82 Å². The minimum absolute atomic E-state index is 0.366. The fourth-order valence-corrected chi connectivity index (χ4v) is 5.49. The van der Waals surface area contributed by atoms with Crippen molar-refractivity contribution in [1.82, 2.24) is 9.78 Å². The smallest absolute Gasteiger partial charge is 0.125 e. The van der Waals surface area contributed by atoms with Gasteiger partial charge in [0.25, 0.3) is 0 Å². The first-order valence-electron chi connectivity index (χ1n) is 7.96. The molecule has 4 aliphatic carbocycles. The largest absolute Gasteiger partial charge is 0.384 e. The molecular weight excluding hydrogens is 234 g/mol. The van der Waals surface area contributed by atoms with Gasteiger partial charge in [-0.15, -0.1) is 0 Å². The Labute approximate surface area is 115 Å². The Hall–Kier alpha value is -0.990. The van der Waals surface area contributed by atoms with Gasteiger partial charge in [-0.1, -0.05) is 0 Å². The van der Waals surface area contributed by atoms with Gasteiger partial charge < -0.3 is 5.73 Å². The summed E-state index contributed by atoms with van der Waals surface area (Å²) in [5.74, 6) is 5.49. The first-order chi connectivity index (χ1) is 9.13. The minimum Gasteiger partial charge on any atom is -0.384 e. The van der Waals surface area contributed by atoms with Crippen LogP contribution in [0.5, 0.6) is 0 Å². The summed E-state index contributed by atoms with van der Waals surface area (Å²) in [6, 6.07) is 0.366. The van der Waals surface area contributed by atoms with Crippen molar-refractivity contribution < 1.29 is 0 Å². The highest BCUT2D eigenvalue weighted by Crippen LogP contribution is 2.60. The zero-order chi connectivity index (χ0) is 13.1. The maximum absolute atomic E-state index is 6.38. The number of aromatic nitrogens is 2. The molecule has 3 nitrogen and oxygen atoms in total. The molecule has 5 rings (SSSR count). The van der Waals surface area contributed by atoms with Gasteiger partial charge in [0.15, 0.2) is 0 Å². The van der Waals surface area contributed by atoms with E-state index in [9.17, 15) is 0 Å². The second-order valence-electron chi connectivity index (χ2n) is 7.48. The van der Waals surface area contributed by atoms with E-state index in [1.54, 1.807) is 0 Å². The van der Waals surface area contributed by atoms with Gasteiger partial charge >= 0.3 is 0 Å². The summed E-state index contributed by atoms with van der Waals surface area (Å²) in [4.78, 5) is 0. The maximum Gasteiger partial charge on any atom is 0.125 e. The molecule has 1 heterocycles. The van der Waals surface area contributed by atoms with Gasteiger partial charge in [0.2, 0.25) is 0 Å². The maximum atomic E-state index is 6.38. The van der Waals surface area contributed by atoms with Crippen LogP contribution in [0.15, 0.2) is 6.20 Å². The van der Waals surface area contributed by atoms with E-state index in [0.717, 1.165) is 29.5 Å². The molecule has 0 aromatic carbocycles. The summed E-state index contributed by atoms with van der Waals surface area (Å²) in [5, 5.41) is 4.54. The summed E-state index contributed by atoms with van der Waals surface area (Å²) in [6.07, 6.45) is 9.38. The second-order valence-corrected chi connectivity index (χ2v) is 7.48. The third-order valence-corrected chi connectivity index (χ3v) is 5.94. The van der Waals surface area contributed by atoms with Gasteiger partial charge in [-0.25, -0.2) is 4.68 Å². The first kappa shape index (κ1) is 11.8. The van der Waals surface area contributed by atoms with Gasteiger partial charge in [-0.3, -0.25) is 0 Å². The van der Waals surface area contributed by atoms with E-state index in [1.165, 1.54) is 37.7 Å². The number of nitrogens with two attached hydrogens (primary N) is 1. The lowest BCUT2D eigenvalue weighted by molar-refractivity contribution is -0.00257. The molecule has 4 saturated carbocycles. The average molecular weight is 259 g/mol. The topological polar surface area (TPSA) is 43.8 Å². The fourth-order valence-electron chi connectivity index (χ4n) is 5.49. The Bertz CT molecular complexity index is 460. The van der Waals surface area contributed by atoms with Gasteiger partial charge in [-0.05, 0) is 75.5 Å². The Morgan fingerprint density at radius 1 is 1.11 bits per heavy atom. The molecule has 0 spiro atoms. The SMILES string of the molecule is CC(C)n1ncc(C2C3CC4CC(C3)CC2C4)c1N. The zero-order valence-electron chi connectivity index (χ0n) is 12.0. The van der Waals surface area contributed by atoms with Gasteiger partial charge in [0.05, 0.1) is 6.20 Å². The van der Waals surface area contributed by atoms with E-state index in [2.05, 4.69) is 25.1 Å². The lowest BCUT2D eigenvalue weighted by atomic mass is 9.51. The molecule has 4 aliphatic rings. The van der Waals surface area contributed by atoms with Crippen molar-refractivity contribution in [1.29, 1.82) is 0 Å². The fraction of sp³-hybridized carbons (Fsp3) is 0.812. The molecule has 1 aromatic rings. The lowest BCUT2D eigenvalue weighted by Gasteiger charge is -2.54. The van der Waals surface area contributed by atoms with Crippen molar-refractivity contribution in [2.24, 2.45) is 23.7 Å². The number of anilines is 1. The van der Waals surface area contributed by atoms with Crippen LogP contribution in [-0.2, 0) is 0 Å². The number of nitrogens with zero attached hydrogens (tertiary/aromatic N) is 2. The summed E-state index contributed by atoms with van der Waals surface area (Å²) >= 11 is 0. The van der Waals surface area contributed by atoms with Gasteiger partial charge in [0, 0.05) is 11.6 Å². The highest BCUT2D eigenvalue weighted by molar-refractivity contribution is 5.43. The molecule has 0 unspecified atom stereocenters. The molecule has 0 aliphatic heterocycles. The normalized spacial score (nSPS) is 40.3. The highest BCUT2D eigenvalue weighted by atomic mass is 15.3. The van der Waals surface area contributed by atoms with Crippen molar-refractivity contribution in [3.8, 4) is 0 Å². The zero-order valence-corrected chi connectivity index (χ0v) is 12.0. The minimum atomic E-state index is 0.366. The molecule has 0 atom stereocenters. The van der Waals surface area contributed by atoms with E-state index < -0.39 is 0 Å². The predicted octanol–water partition coefficient (Wildman–Crippen LogP) is 3.59. The van der Waals surface area contributed by atoms with E-state index in [4.69, 9.17) is 5.73 Å². The van der Waals surface area contributed by atoms with Crippen LogP contribution in [0.25, 0.3) is 0 Å². The van der Waals surface area contributed by atoms with Crippen molar-refractivity contribution in [2.75, 3.05) is 5.73 Å². The molecule has 0 amide bonds.